The van der Waals surface area contributed by atoms with E-state index in [0.29, 0.717) is 11.4 Å². The zero-order valence-electron chi connectivity index (χ0n) is 12.6. The van der Waals surface area contributed by atoms with Gasteiger partial charge in [-0.2, -0.15) is 5.26 Å². The van der Waals surface area contributed by atoms with Crippen molar-refractivity contribution in [3.63, 3.8) is 0 Å². The van der Waals surface area contributed by atoms with Gasteiger partial charge >= 0.3 is 0 Å². The van der Waals surface area contributed by atoms with Crippen LogP contribution in [-0.2, 0) is 0 Å². The minimum absolute atomic E-state index is 0.355. The second kappa shape index (κ2) is 5.86. The van der Waals surface area contributed by atoms with Crippen molar-refractivity contribution in [2.24, 2.45) is 0 Å². The van der Waals surface area contributed by atoms with Gasteiger partial charge in [-0.3, -0.25) is 0 Å². The Morgan fingerprint density at radius 2 is 1.96 bits per heavy atom. The topological polar surface area (TPSA) is 78.5 Å². The van der Waals surface area contributed by atoms with Crippen LogP contribution in [0.1, 0.15) is 17.0 Å². The Labute approximate surface area is 137 Å². The van der Waals surface area contributed by atoms with E-state index in [2.05, 4.69) is 21.5 Å². The van der Waals surface area contributed by atoms with Crippen molar-refractivity contribution in [2.45, 2.75) is 0 Å². The number of nitrogens with one attached hydrogen (secondary N) is 1. The van der Waals surface area contributed by atoms with E-state index in [1.165, 1.54) is 0 Å². The van der Waals surface area contributed by atoms with E-state index in [4.69, 9.17) is 9.68 Å². The molecule has 4 rings (SSSR count). The second-order valence-electron chi connectivity index (χ2n) is 5.29. The molecule has 0 aliphatic carbocycles. The number of H-pyrrole nitrogens is 1. The summed E-state index contributed by atoms with van der Waals surface area (Å²) in [7, 11) is 0. The van der Waals surface area contributed by atoms with Crippen LogP contribution in [0.25, 0.3) is 34.4 Å². The zero-order valence-corrected chi connectivity index (χ0v) is 12.6. The molecule has 0 fully saturated rings. The SMILES string of the molecule is N#Cc1[nH]nnc1-c1cccc(/C=C/c2cc3ccccc3o2)c1. The van der Waals surface area contributed by atoms with Crippen molar-refractivity contribution >= 4 is 23.1 Å². The monoisotopic (exact) mass is 312 g/mol. The van der Waals surface area contributed by atoms with Crippen LogP contribution in [0, 0.1) is 11.3 Å². The fraction of sp³-hybridized carbons (Fsp3) is 0. The highest BCUT2D eigenvalue weighted by molar-refractivity contribution is 5.82. The molecule has 0 radical (unpaired) electrons. The van der Waals surface area contributed by atoms with Gasteiger partial charge in [-0.1, -0.05) is 47.7 Å². The van der Waals surface area contributed by atoms with Crippen molar-refractivity contribution in [1.29, 1.82) is 5.26 Å². The van der Waals surface area contributed by atoms with E-state index in [0.717, 1.165) is 27.9 Å². The molecule has 0 saturated carbocycles. The number of para-hydroxylation sites is 1. The Morgan fingerprint density at radius 3 is 2.83 bits per heavy atom. The normalized spacial score (nSPS) is 11.1. The summed E-state index contributed by atoms with van der Waals surface area (Å²) in [5.41, 5.74) is 3.60. The Hall–Kier alpha value is -3.65. The molecule has 2 aromatic heterocycles. The van der Waals surface area contributed by atoms with Crippen LogP contribution in [0.5, 0.6) is 0 Å². The van der Waals surface area contributed by atoms with Gasteiger partial charge in [-0.05, 0) is 29.8 Å². The number of benzene rings is 2. The average molecular weight is 312 g/mol. The van der Waals surface area contributed by atoms with Crippen LogP contribution in [-0.4, -0.2) is 15.4 Å². The highest BCUT2D eigenvalue weighted by atomic mass is 16.3. The fourth-order valence-electron chi connectivity index (χ4n) is 2.56. The van der Waals surface area contributed by atoms with E-state index in [9.17, 15) is 0 Å². The van der Waals surface area contributed by atoms with E-state index in [1.807, 2.05) is 66.7 Å². The fourth-order valence-corrected chi connectivity index (χ4v) is 2.56. The van der Waals surface area contributed by atoms with Gasteiger partial charge in [-0.15, -0.1) is 5.10 Å². The van der Waals surface area contributed by atoms with Crippen molar-refractivity contribution in [1.82, 2.24) is 15.4 Å². The summed E-state index contributed by atoms with van der Waals surface area (Å²) in [6.45, 7) is 0. The highest BCUT2D eigenvalue weighted by Crippen LogP contribution is 2.23. The third kappa shape index (κ3) is 2.57. The van der Waals surface area contributed by atoms with Crippen LogP contribution in [0.3, 0.4) is 0 Å². The number of nitrogens with zero attached hydrogens (tertiary/aromatic N) is 3. The molecule has 0 spiro atoms. The lowest BCUT2D eigenvalue weighted by molar-refractivity contribution is 0.604. The molecule has 0 saturated heterocycles. The third-order valence-electron chi connectivity index (χ3n) is 3.71. The second-order valence-corrected chi connectivity index (χ2v) is 5.29. The van der Waals surface area contributed by atoms with Crippen LogP contribution in [0.2, 0.25) is 0 Å². The van der Waals surface area contributed by atoms with Crippen LogP contribution in [0.4, 0.5) is 0 Å². The molecule has 5 heteroatoms. The third-order valence-corrected chi connectivity index (χ3v) is 3.71. The lowest BCUT2D eigenvalue weighted by Gasteiger charge is -1.99. The van der Waals surface area contributed by atoms with E-state index in [1.54, 1.807) is 0 Å². The maximum atomic E-state index is 9.07. The van der Waals surface area contributed by atoms with Gasteiger partial charge < -0.3 is 4.42 Å². The number of hydrogen-bond acceptors (Lipinski definition) is 4. The first-order valence-electron chi connectivity index (χ1n) is 7.42. The van der Waals surface area contributed by atoms with Crippen molar-refractivity contribution < 1.29 is 4.42 Å². The Kier molecular flexibility index (Phi) is 3.41. The Bertz CT molecular complexity index is 1050. The van der Waals surface area contributed by atoms with Crippen LogP contribution >= 0.6 is 0 Å². The van der Waals surface area contributed by atoms with E-state index in [-0.39, 0.29) is 0 Å². The smallest absolute Gasteiger partial charge is 0.163 e. The first kappa shape index (κ1) is 14.0. The molecular weight excluding hydrogens is 300 g/mol. The average Bonchev–Trinajstić information content (AvgIpc) is 3.26. The largest absolute Gasteiger partial charge is 0.457 e. The molecule has 5 nitrogen and oxygen atoms in total. The van der Waals surface area contributed by atoms with Gasteiger partial charge in [0.05, 0.1) is 0 Å². The molecule has 0 unspecified atom stereocenters. The maximum absolute atomic E-state index is 9.07. The summed E-state index contributed by atoms with van der Waals surface area (Å²) in [5, 5.41) is 20.4. The highest BCUT2D eigenvalue weighted by Gasteiger charge is 2.09. The summed E-state index contributed by atoms with van der Waals surface area (Å²) in [5.74, 6) is 0.792. The van der Waals surface area contributed by atoms with Gasteiger partial charge in [0.15, 0.2) is 5.69 Å². The Balaban J connectivity index is 1.65. The predicted octanol–water partition coefficient (Wildman–Crippen LogP) is 4.26. The number of aromatic nitrogens is 3. The lowest BCUT2D eigenvalue weighted by Crippen LogP contribution is -1.83. The summed E-state index contributed by atoms with van der Waals surface area (Å²) in [6, 6.07) is 19.7. The molecule has 0 aliphatic heterocycles. The van der Waals surface area contributed by atoms with Gasteiger partial charge in [0.2, 0.25) is 0 Å². The molecule has 0 amide bonds. The quantitative estimate of drug-likeness (QED) is 0.613. The van der Waals surface area contributed by atoms with Crippen molar-refractivity contribution in [3.8, 4) is 17.3 Å². The predicted molar refractivity (Wildman–Crippen MR) is 91.7 cm³/mol. The number of furan rings is 1. The molecule has 2 heterocycles. The summed E-state index contributed by atoms with van der Waals surface area (Å²) >= 11 is 0. The maximum Gasteiger partial charge on any atom is 0.163 e. The summed E-state index contributed by atoms with van der Waals surface area (Å²) in [6.07, 6.45) is 3.89. The molecular formula is C19H12N4O. The number of rotatable bonds is 3. The minimum atomic E-state index is 0.355. The molecule has 24 heavy (non-hydrogen) atoms. The molecule has 0 aliphatic rings. The van der Waals surface area contributed by atoms with Gasteiger partial charge in [0.25, 0.3) is 0 Å². The van der Waals surface area contributed by atoms with Crippen molar-refractivity contribution in [3.05, 3.63) is 71.6 Å². The summed E-state index contributed by atoms with van der Waals surface area (Å²) < 4.78 is 5.77. The zero-order chi connectivity index (χ0) is 16.4. The molecule has 0 atom stereocenters. The number of fused-ring (bicyclic) bond motifs is 1. The lowest BCUT2D eigenvalue weighted by atomic mass is 10.1. The number of hydrogen-bond donors (Lipinski definition) is 1. The number of aromatic amines is 1. The van der Waals surface area contributed by atoms with Crippen LogP contribution < -0.4 is 0 Å². The first-order valence-corrected chi connectivity index (χ1v) is 7.42. The van der Waals surface area contributed by atoms with E-state index >= 15 is 0 Å². The van der Waals surface area contributed by atoms with Gasteiger partial charge in [0, 0.05) is 10.9 Å². The molecule has 2 aromatic carbocycles. The standard InChI is InChI=1S/C19H12N4O/c20-12-17-19(22-23-21-17)15-6-3-4-13(10-15)8-9-16-11-14-5-1-2-7-18(14)24-16/h1-11H,(H,21,22,23)/b9-8+. The van der Waals surface area contributed by atoms with Gasteiger partial charge in [0.1, 0.15) is 23.1 Å². The minimum Gasteiger partial charge on any atom is -0.457 e. The van der Waals surface area contributed by atoms with Crippen molar-refractivity contribution in [2.75, 3.05) is 0 Å². The summed E-state index contributed by atoms with van der Waals surface area (Å²) in [4.78, 5) is 0. The molecule has 1 N–H and O–H groups in total. The van der Waals surface area contributed by atoms with Crippen LogP contribution in [0.15, 0.2) is 59.0 Å². The Morgan fingerprint density at radius 1 is 1.04 bits per heavy atom. The van der Waals surface area contributed by atoms with E-state index < -0.39 is 0 Å². The first-order chi connectivity index (χ1) is 11.8. The molecule has 114 valence electrons. The molecule has 0 bridgehead atoms. The molecule has 4 aromatic rings. The van der Waals surface area contributed by atoms with Gasteiger partial charge in [-0.25, -0.2) is 5.10 Å². The number of nitriles is 1.